The Labute approximate surface area is 104 Å². The Morgan fingerprint density at radius 1 is 1.28 bits per heavy atom. The molecular formula is C14H13NO3. The molecular weight excluding hydrogens is 230 g/mol. The molecule has 1 saturated carbocycles. The van der Waals surface area contributed by atoms with Crippen LogP contribution in [0.5, 0.6) is 0 Å². The SMILES string of the molecule is Cc1ccc(C2CC(=O)C3C=CC(=O)N=C3C2)o1. The van der Waals surface area contributed by atoms with Gasteiger partial charge in [-0.3, -0.25) is 9.59 Å². The first-order valence-corrected chi connectivity index (χ1v) is 6.02. The lowest BCUT2D eigenvalue weighted by atomic mass is 9.77. The second-order valence-corrected chi connectivity index (χ2v) is 4.80. The maximum atomic E-state index is 12.0. The molecule has 0 bridgehead atoms. The molecule has 1 aromatic heterocycles. The number of carbonyl (C=O) groups excluding carboxylic acids is 2. The molecule has 92 valence electrons. The van der Waals surface area contributed by atoms with Crippen molar-refractivity contribution in [3.05, 3.63) is 35.8 Å². The third-order valence-electron chi connectivity index (χ3n) is 3.46. The summed E-state index contributed by atoms with van der Waals surface area (Å²) in [6, 6.07) is 3.79. The predicted molar refractivity (Wildman–Crippen MR) is 65.5 cm³/mol. The highest BCUT2D eigenvalue weighted by Crippen LogP contribution is 2.34. The minimum atomic E-state index is -0.296. The summed E-state index contributed by atoms with van der Waals surface area (Å²) in [5.74, 6) is 1.20. The normalized spacial score (nSPS) is 27.1. The summed E-state index contributed by atoms with van der Waals surface area (Å²) in [5.41, 5.74) is 0.679. The fourth-order valence-corrected chi connectivity index (χ4v) is 2.57. The number of ketones is 1. The van der Waals surface area contributed by atoms with Crippen LogP contribution in [0.15, 0.2) is 33.7 Å². The molecule has 0 N–H and O–H groups in total. The molecule has 18 heavy (non-hydrogen) atoms. The van der Waals surface area contributed by atoms with Crippen LogP contribution in [-0.2, 0) is 9.59 Å². The molecule has 1 aromatic rings. The zero-order valence-electron chi connectivity index (χ0n) is 10.1. The first-order chi connectivity index (χ1) is 8.63. The number of allylic oxidation sites excluding steroid dienone is 1. The fourth-order valence-electron chi connectivity index (χ4n) is 2.57. The van der Waals surface area contributed by atoms with Crippen molar-refractivity contribution in [1.29, 1.82) is 0 Å². The lowest BCUT2D eigenvalue weighted by Crippen LogP contribution is -2.33. The van der Waals surface area contributed by atoms with Crippen LogP contribution in [0.1, 0.15) is 30.3 Å². The van der Waals surface area contributed by atoms with E-state index in [1.165, 1.54) is 6.08 Å². The van der Waals surface area contributed by atoms with E-state index in [1.807, 2.05) is 19.1 Å². The van der Waals surface area contributed by atoms with Crippen molar-refractivity contribution in [3.8, 4) is 0 Å². The van der Waals surface area contributed by atoms with Crippen molar-refractivity contribution in [1.82, 2.24) is 0 Å². The van der Waals surface area contributed by atoms with E-state index in [-0.39, 0.29) is 23.5 Å². The molecule has 1 aliphatic heterocycles. The summed E-state index contributed by atoms with van der Waals surface area (Å²) in [7, 11) is 0. The van der Waals surface area contributed by atoms with Crippen molar-refractivity contribution in [2.24, 2.45) is 10.9 Å². The van der Waals surface area contributed by atoms with E-state index in [9.17, 15) is 9.59 Å². The Bertz CT molecular complexity index is 580. The molecule has 2 atom stereocenters. The number of furan rings is 1. The Morgan fingerprint density at radius 3 is 2.83 bits per heavy atom. The number of Topliss-reactive ketones (excluding diaryl/α,β-unsaturated/α-hetero) is 1. The minimum absolute atomic E-state index is 0.0144. The molecule has 1 fully saturated rings. The molecule has 2 heterocycles. The van der Waals surface area contributed by atoms with Gasteiger partial charge in [0, 0.05) is 24.1 Å². The van der Waals surface area contributed by atoms with Crippen molar-refractivity contribution in [2.75, 3.05) is 0 Å². The summed E-state index contributed by atoms with van der Waals surface area (Å²) >= 11 is 0. The Morgan fingerprint density at radius 2 is 2.11 bits per heavy atom. The van der Waals surface area contributed by atoms with Gasteiger partial charge in [0.15, 0.2) is 0 Å². The Kier molecular flexibility index (Phi) is 2.51. The average molecular weight is 243 g/mol. The first-order valence-electron chi connectivity index (χ1n) is 6.02. The van der Waals surface area contributed by atoms with Crippen molar-refractivity contribution in [2.45, 2.75) is 25.7 Å². The van der Waals surface area contributed by atoms with Crippen molar-refractivity contribution in [3.63, 3.8) is 0 Å². The van der Waals surface area contributed by atoms with E-state index in [1.54, 1.807) is 6.08 Å². The van der Waals surface area contributed by atoms with E-state index in [0.717, 1.165) is 11.5 Å². The second kappa shape index (κ2) is 4.05. The topological polar surface area (TPSA) is 59.6 Å². The van der Waals surface area contributed by atoms with E-state index < -0.39 is 0 Å². The van der Waals surface area contributed by atoms with Gasteiger partial charge in [-0.1, -0.05) is 6.08 Å². The van der Waals surface area contributed by atoms with E-state index in [2.05, 4.69) is 4.99 Å². The molecule has 1 amide bonds. The highest BCUT2D eigenvalue weighted by atomic mass is 16.3. The summed E-state index contributed by atoms with van der Waals surface area (Å²) in [6.45, 7) is 1.88. The zero-order chi connectivity index (χ0) is 12.7. The second-order valence-electron chi connectivity index (χ2n) is 4.80. The third kappa shape index (κ3) is 1.83. The number of aliphatic imine (C=N–C) groups is 1. The monoisotopic (exact) mass is 243 g/mol. The van der Waals surface area contributed by atoms with Gasteiger partial charge in [0.2, 0.25) is 0 Å². The van der Waals surface area contributed by atoms with Crippen LogP contribution in [0, 0.1) is 12.8 Å². The van der Waals surface area contributed by atoms with Gasteiger partial charge in [-0.2, -0.15) is 0 Å². The maximum Gasteiger partial charge on any atom is 0.269 e. The molecule has 0 aromatic carbocycles. The summed E-state index contributed by atoms with van der Waals surface area (Å²) in [5, 5.41) is 0. The van der Waals surface area contributed by atoms with Crippen LogP contribution in [0.25, 0.3) is 0 Å². The van der Waals surface area contributed by atoms with Gasteiger partial charge in [-0.05, 0) is 25.5 Å². The molecule has 0 radical (unpaired) electrons. The zero-order valence-corrected chi connectivity index (χ0v) is 10.1. The number of amides is 1. The number of fused-ring (bicyclic) bond motifs is 1. The van der Waals surface area contributed by atoms with Crippen LogP contribution in [-0.4, -0.2) is 17.4 Å². The van der Waals surface area contributed by atoms with Crippen molar-refractivity contribution >= 4 is 17.4 Å². The molecule has 3 rings (SSSR count). The lowest BCUT2D eigenvalue weighted by molar-refractivity contribution is -0.121. The maximum absolute atomic E-state index is 12.0. The van der Waals surface area contributed by atoms with Gasteiger partial charge in [-0.25, -0.2) is 4.99 Å². The van der Waals surface area contributed by atoms with Gasteiger partial charge < -0.3 is 4.42 Å². The van der Waals surface area contributed by atoms with Gasteiger partial charge in [0.1, 0.15) is 17.3 Å². The Balaban J connectivity index is 1.89. The van der Waals surface area contributed by atoms with E-state index in [0.29, 0.717) is 18.6 Å². The smallest absolute Gasteiger partial charge is 0.269 e. The van der Waals surface area contributed by atoms with Crippen LogP contribution in [0.2, 0.25) is 0 Å². The van der Waals surface area contributed by atoms with Gasteiger partial charge in [0.25, 0.3) is 5.91 Å². The predicted octanol–water partition coefficient (Wildman–Crippen LogP) is 2.19. The summed E-state index contributed by atoms with van der Waals surface area (Å²) in [4.78, 5) is 27.3. The largest absolute Gasteiger partial charge is 0.466 e. The molecule has 4 nitrogen and oxygen atoms in total. The first kappa shape index (κ1) is 11.1. The highest BCUT2D eigenvalue weighted by molar-refractivity contribution is 6.16. The molecule has 2 aliphatic rings. The van der Waals surface area contributed by atoms with Crippen molar-refractivity contribution < 1.29 is 14.0 Å². The lowest BCUT2D eigenvalue weighted by Gasteiger charge is -2.27. The third-order valence-corrected chi connectivity index (χ3v) is 3.46. The molecule has 4 heteroatoms. The van der Waals surface area contributed by atoms with Crippen LogP contribution < -0.4 is 0 Å². The standard InChI is InChI=1S/C14H13NO3/c1-8-2-4-13(18-8)9-6-11-10(12(16)7-9)3-5-14(17)15-11/h2-5,9-10H,6-7H2,1H3. The number of hydrogen-bond donors (Lipinski definition) is 0. The van der Waals surface area contributed by atoms with E-state index in [4.69, 9.17) is 4.42 Å². The van der Waals surface area contributed by atoms with E-state index >= 15 is 0 Å². The number of nitrogens with zero attached hydrogens (tertiary/aromatic N) is 1. The van der Waals surface area contributed by atoms with Gasteiger partial charge >= 0.3 is 0 Å². The number of rotatable bonds is 1. The van der Waals surface area contributed by atoms with Crippen LogP contribution in [0.3, 0.4) is 0 Å². The van der Waals surface area contributed by atoms with Gasteiger partial charge in [-0.15, -0.1) is 0 Å². The highest BCUT2D eigenvalue weighted by Gasteiger charge is 2.35. The van der Waals surface area contributed by atoms with Crippen LogP contribution >= 0.6 is 0 Å². The molecule has 0 saturated heterocycles. The number of hydrogen-bond acceptors (Lipinski definition) is 3. The molecule has 2 unspecified atom stereocenters. The number of carbonyl (C=O) groups is 2. The summed E-state index contributed by atoms with van der Waals surface area (Å²) < 4.78 is 5.57. The quantitative estimate of drug-likeness (QED) is 0.759. The number of aryl methyl sites for hydroxylation is 1. The Hall–Kier alpha value is -1.97. The molecule has 0 spiro atoms. The molecule has 1 aliphatic carbocycles. The average Bonchev–Trinajstić information content (AvgIpc) is 2.75. The number of dihydropyridines is 1. The summed E-state index contributed by atoms with van der Waals surface area (Å²) in [6.07, 6.45) is 4.12. The van der Waals surface area contributed by atoms with Gasteiger partial charge in [0.05, 0.1) is 5.92 Å². The minimum Gasteiger partial charge on any atom is -0.466 e. The fraction of sp³-hybridized carbons (Fsp3) is 0.357. The van der Waals surface area contributed by atoms with Crippen LogP contribution in [0.4, 0.5) is 0 Å².